The Hall–Kier alpha value is -2.56. The summed E-state index contributed by atoms with van der Waals surface area (Å²) >= 11 is 0. The number of primary amides is 1. The van der Waals surface area contributed by atoms with Crippen LogP contribution in [0.3, 0.4) is 0 Å². The van der Waals surface area contributed by atoms with Gasteiger partial charge in [0.1, 0.15) is 0 Å². The molecule has 0 radical (unpaired) electrons. The number of hydrogen-bond acceptors (Lipinski definition) is 3. The van der Waals surface area contributed by atoms with Crippen LogP contribution in [0.5, 0.6) is 5.75 Å². The van der Waals surface area contributed by atoms with E-state index in [1.807, 2.05) is 6.92 Å². The number of anilines is 1. The summed E-state index contributed by atoms with van der Waals surface area (Å²) in [7, 11) is 1.43. The fourth-order valence-electron chi connectivity index (χ4n) is 2.02. The van der Waals surface area contributed by atoms with Gasteiger partial charge in [-0.05, 0) is 48.9 Å². The van der Waals surface area contributed by atoms with E-state index in [0.29, 0.717) is 5.56 Å². The first kappa shape index (κ1) is 14.8. The summed E-state index contributed by atoms with van der Waals surface area (Å²) in [5, 5.41) is 3.23. The quantitative estimate of drug-likeness (QED) is 0.888. The monoisotopic (exact) mass is 288 g/mol. The third-order valence-corrected chi connectivity index (χ3v) is 3.23. The number of carbonyl (C=O) groups excluding carboxylic acids is 1. The molecule has 0 fully saturated rings. The highest BCUT2D eigenvalue weighted by atomic mass is 19.1. The second-order valence-corrected chi connectivity index (χ2v) is 4.70. The summed E-state index contributed by atoms with van der Waals surface area (Å²) in [5.41, 5.74) is 7.26. The molecule has 21 heavy (non-hydrogen) atoms. The number of halogens is 1. The van der Waals surface area contributed by atoms with Crippen molar-refractivity contribution in [2.75, 3.05) is 12.4 Å². The van der Waals surface area contributed by atoms with Gasteiger partial charge in [0.25, 0.3) is 0 Å². The van der Waals surface area contributed by atoms with Crippen molar-refractivity contribution in [1.82, 2.24) is 0 Å². The molecule has 0 aliphatic rings. The van der Waals surface area contributed by atoms with Crippen LogP contribution in [0.25, 0.3) is 0 Å². The van der Waals surface area contributed by atoms with Crippen LogP contribution in [-0.4, -0.2) is 13.0 Å². The van der Waals surface area contributed by atoms with E-state index < -0.39 is 11.7 Å². The second kappa shape index (κ2) is 6.26. The van der Waals surface area contributed by atoms with E-state index >= 15 is 0 Å². The topological polar surface area (TPSA) is 64.3 Å². The van der Waals surface area contributed by atoms with Crippen molar-refractivity contribution >= 4 is 11.6 Å². The molecule has 1 unspecified atom stereocenters. The van der Waals surface area contributed by atoms with Crippen LogP contribution >= 0.6 is 0 Å². The average molecular weight is 288 g/mol. The minimum Gasteiger partial charge on any atom is -0.494 e. The third kappa shape index (κ3) is 3.51. The van der Waals surface area contributed by atoms with Gasteiger partial charge < -0.3 is 15.8 Å². The standard InChI is InChI=1S/C16H17FN2O2/c1-10(12-5-8-15(21-2)14(17)9-12)19-13-6-3-11(4-7-13)16(18)20/h3-10,19H,1-2H3,(H2,18,20). The molecule has 0 aliphatic heterocycles. The molecule has 1 atom stereocenters. The number of amides is 1. The molecule has 0 bridgehead atoms. The Balaban J connectivity index is 2.12. The van der Waals surface area contributed by atoms with Gasteiger partial charge in [0.05, 0.1) is 7.11 Å². The number of rotatable bonds is 5. The Kier molecular flexibility index (Phi) is 4.42. The first-order valence-electron chi connectivity index (χ1n) is 6.51. The van der Waals surface area contributed by atoms with Gasteiger partial charge in [-0.25, -0.2) is 4.39 Å². The molecule has 1 amide bonds. The van der Waals surface area contributed by atoms with E-state index in [9.17, 15) is 9.18 Å². The molecule has 0 aliphatic carbocycles. The van der Waals surface area contributed by atoms with Gasteiger partial charge in [-0.1, -0.05) is 6.07 Å². The molecule has 2 aromatic rings. The molecule has 0 heterocycles. The van der Waals surface area contributed by atoms with Gasteiger partial charge in [-0.2, -0.15) is 0 Å². The Morgan fingerprint density at radius 1 is 1.24 bits per heavy atom. The van der Waals surface area contributed by atoms with Gasteiger partial charge in [0.15, 0.2) is 11.6 Å². The Bertz CT molecular complexity index is 641. The minimum absolute atomic E-state index is 0.0927. The van der Waals surface area contributed by atoms with E-state index in [1.54, 1.807) is 36.4 Å². The van der Waals surface area contributed by atoms with Crippen molar-refractivity contribution in [3.05, 3.63) is 59.4 Å². The predicted octanol–water partition coefficient (Wildman–Crippen LogP) is 3.11. The highest BCUT2D eigenvalue weighted by Gasteiger charge is 2.10. The van der Waals surface area contributed by atoms with Crippen LogP contribution in [0.1, 0.15) is 28.9 Å². The lowest BCUT2D eigenvalue weighted by Gasteiger charge is -2.16. The van der Waals surface area contributed by atoms with Crippen molar-refractivity contribution in [2.45, 2.75) is 13.0 Å². The molecule has 3 N–H and O–H groups in total. The fourth-order valence-corrected chi connectivity index (χ4v) is 2.02. The molecule has 5 heteroatoms. The minimum atomic E-state index is -0.466. The molecule has 0 saturated carbocycles. The number of methoxy groups -OCH3 is 1. The maximum absolute atomic E-state index is 13.7. The number of nitrogens with one attached hydrogen (secondary N) is 1. The molecule has 2 aromatic carbocycles. The summed E-state index contributed by atoms with van der Waals surface area (Å²) in [6, 6.07) is 11.6. The van der Waals surface area contributed by atoms with E-state index in [-0.39, 0.29) is 11.8 Å². The van der Waals surface area contributed by atoms with E-state index in [4.69, 9.17) is 10.5 Å². The number of hydrogen-bond donors (Lipinski definition) is 2. The highest BCUT2D eigenvalue weighted by molar-refractivity contribution is 5.93. The van der Waals surface area contributed by atoms with Gasteiger partial charge in [-0.3, -0.25) is 4.79 Å². The van der Waals surface area contributed by atoms with Crippen LogP contribution < -0.4 is 15.8 Å². The third-order valence-electron chi connectivity index (χ3n) is 3.23. The van der Waals surface area contributed by atoms with Crippen molar-refractivity contribution in [3.8, 4) is 5.75 Å². The van der Waals surface area contributed by atoms with Crippen molar-refractivity contribution < 1.29 is 13.9 Å². The first-order valence-corrected chi connectivity index (χ1v) is 6.51. The predicted molar refractivity (Wildman–Crippen MR) is 79.9 cm³/mol. The lowest BCUT2D eigenvalue weighted by molar-refractivity contribution is 0.100. The van der Waals surface area contributed by atoms with E-state index in [0.717, 1.165) is 11.3 Å². The number of ether oxygens (including phenoxy) is 1. The van der Waals surface area contributed by atoms with Crippen LogP contribution in [0.15, 0.2) is 42.5 Å². The molecule has 4 nitrogen and oxygen atoms in total. The number of nitrogens with two attached hydrogens (primary N) is 1. The zero-order valence-electron chi connectivity index (χ0n) is 11.9. The lowest BCUT2D eigenvalue weighted by atomic mass is 10.1. The zero-order valence-corrected chi connectivity index (χ0v) is 11.9. The van der Waals surface area contributed by atoms with Gasteiger partial charge in [0, 0.05) is 17.3 Å². The summed E-state index contributed by atoms with van der Waals surface area (Å²) < 4.78 is 18.6. The summed E-state index contributed by atoms with van der Waals surface area (Å²) in [6.07, 6.45) is 0. The SMILES string of the molecule is COc1ccc(C(C)Nc2ccc(C(N)=O)cc2)cc1F. The van der Waals surface area contributed by atoms with Gasteiger partial charge in [-0.15, -0.1) is 0 Å². The molecule has 0 aromatic heterocycles. The first-order chi connectivity index (χ1) is 10.0. The van der Waals surface area contributed by atoms with E-state index in [2.05, 4.69) is 5.32 Å². The van der Waals surface area contributed by atoms with E-state index in [1.165, 1.54) is 13.2 Å². The Morgan fingerprint density at radius 3 is 2.43 bits per heavy atom. The van der Waals surface area contributed by atoms with Crippen LogP contribution in [-0.2, 0) is 0 Å². The average Bonchev–Trinajstić information content (AvgIpc) is 2.47. The van der Waals surface area contributed by atoms with Crippen LogP contribution in [0, 0.1) is 5.82 Å². The largest absolute Gasteiger partial charge is 0.494 e. The van der Waals surface area contributed by atoms with Crippen LogP contribution in [0.4, 0.5) is 10.1 Å². The van der Waals surface area contributed by atoms with Crippen molar-refractivity contribution in [1.29, 1.82) is 0 Å². The molecule has 0 saturated heterocycles. The lowest BCUT2D eigenvalue weighted by Crippen LogP contribution is -2.11. The highest BCUT2D eigenvalue weighted by Crippen LogP contribution is 2.24. The smallest absolute Gasteiger partial charge is 0.248 e. The number of carbonyl (C=O) groups is 1. The van der Waals surface area contributed by atoms with Gasteiger partial charge >= 0.3 is 0 Å². The summed E-state index contributed by atoms with van der Waals surface area (Å²) in [5.74, 6) is -0.642. The Labute approximate surface area is 122 Å². The number of benzene rings is 2. The molecular formula is C16H17FN2O2. The van der Waals surface area contributed by atoms with Crippen LogP contribution in [0.2, 0.25) is 0 Å². The summed E-state index contributed by atoms with van der Waals surface area (Å²) in [4.78, 5) is 11.0. The molecular weight excluding hydrogens is 271 g/mol. The fraction of sp³-hybridized carbons (Fsp3) is 0.188. The molecule has 110 valence electrons. The summed E-state index contributed by atoms with van der Waals surface area (Å²) in [6.45, 7) is 1.92. The van der Waals surface area contributed by atoms with Crippen molar-refractivity contribution in [3.63, 3.8) is 0 Å². The maximum atomic E-state index is 13.7. The maximum Gasteiger partial charge on any atom is 0.248 e. The molecule has 0 spiro atoms. The zero-order chi connectivity index (χ0) is 15.4. The second-order valence-electron chi connectivity index (χ2n) is 4.70. The normalized spacial score (nSPS) is 11.8. The van der Waals surface area contributed by atoms with Crippen molar-refractivity contribution in [2.24, 2.45) is 5.73 Å². The molecule has 2 rings (SSSR count). The Morgan fingerprint density at radius 2 is 1.90 bits per heavy atom. The van der Waals surface area contributed by atoms with Gasteiger partial charge in [0.2, 0.25) is 5.91 Å².